The van der Waals surface area contributed by atoms with Gasteiger partial charge in [-0.15, -0.1) is 5.10 Å². The summed E-state index contributed by atoms with van der Waals surface area (Å²) in [4.78, 5) is 25.6. The van der Waals surface area contributed by atoms with Crippen molar-refractivity contribution in [3.05, 3.63) is 69.7 Å². The van der Waals surface area contributed by atoms with Gasteiger partial charge < -0.3 is 10.2 Å². The molecule has 1 N–H and O–H groups in total. The van der Waals surface area contributed by atoms with Gasteiger partial charge in [-0.2, -0.15) is 13.2 Å². The molecule has 168 valence electrons. The first-order valence-electron chi connectivity index (χ1n) is 8.76. The van der Waals surface area contributed by atoms with Crippen molar-refractivity contribution in [2.24, 2.45) is 0 Å². The molecule has 13 heteroatoms. The molecule has 3 rings (SSSR count). The summed E-state index contributed by atoms with van der Waals surface area (Å²) in [6.07, 6.45) is -5.01. The number of hydrogen-bond acceptors (Lipinski definition) is 4. The first kappa shape index (κ1) is 23.5. The van der Waals surface area contributed by atoms with Gasteiger partial charge in [0.1, 0.15) is 5.82 Å². The number of aromatic nitrogens is 3. The highest BCUT2D eigenvalue weighted by atomic mass is 35.5. The van der Waals surface area contributed by atoms with Crippen LogP contribution in [0.5, 0.6) is 0 Å². The van der Waals surface area contributed by atoms with E-state index in [4.69, 9.17) is 23.2 Å². The lowest BCUT2D eigenvalue weighted by molar-refractivity contribution is -0.143. The van der Waals surface area contributed by atoms with Gasteiger partial charge in [0.2, 0.25) is 5.91 Å². The van der Waals surface area contributed by atoms with Crippen LogP contribution in [-0.4, -0.2) is 45.3 Å². The lowest BCUT2D eigenvalue weighted by Crippen LogP contribution is -2.36. The number of alkyl halides is 3. The first-order chi connectivity index (χ1) is 15.0. The van der Waals surface area contributed by atoms with Crippen LogP contribution in [0.3, 0.4) is 0 Å². The van der Waals surface area contributed by atoms with E-state index in [-0.39, 0.29) is 21.4 Å². The fourth-order valence-corrected chi connectivity index (χ4v) is 2.98. The van der Waals surface area contributed by atoms with Crippen LogP contribution in [0.2, 0.25) is 10.0 Å². The molecule has 0 unspecified atom stereocenters. The molecular weight excluding hydrogens is 477 g/mol. The van der Waals surface area contributed by atoms with Crippen LogP contribution in [-0.2, 0) is 11.0 Å². The zero-order chi connectivity index (χ0) is 23.6. The number of amides is 2. The largest absolute Gasteiger partial charge is 0.435 e. The maximum Gasteiger partial charge on any atom is 0.435 e. The summed E-state index contributed by atoms with van der Waals surface area (Å²) in [5, 5.41) is 9.66. The second-order valence-corrected chi connectivity index (χ2v) is 7.33. The summed E-state index contributed by atoms with van der Waals surface area (Å²) < 4.78 is 54.6. The van der Waals surface area contributed by atoms with Gasteiger partial charge in [0.15, 0.2) is 11.4 Å². The summed E-state index contributed by atoms with van der Waals surface area (Å²) in [5.74, 6) is -2.54. The highest BCUT2D eigenvalue weighted by Gasteiger charge is 2.42. The fraction of sp³-hybridized carbons (Fsp3) is 0.158. The zero-order valence-electron chi connectivity index (χ0n) is 16.1. The predicted octanol–water partition coefficient (Wildman–Crippen LogP) is 4.44. The second kappa shape index (κ2) is 9.13. The topological polar surface area (TPSA) is 80.1 Å². The number of carbonyl (C=O) groups is 2. The number of halogens is 6. The van der Waals surface area contributed by atoms with Gasteiger partial charge in [0, 0.05) is 12.7 Å². The Morgan fingerprint density at radius 1 is 1.09 bits per heavy atom. The predicted molar refractivity (Wildman–Crippen MR) is 108 cm³/mol. The van der Waals surface area contributed by atoms with Crippen molar-refractivity contribution < 1.29 is 27.2 Å². The minimum absolute atomic E-state index is 0.148. The van der Waals surface area contributed by atoms with Crippen molar-refractivity contribution in [3.63, 3.8) is 0 Å². The molecule has 2 aromatic carbocycles. The number of rotatable bonds is 5. The van der Waals surface area contributed by atoms with E-state index in [1.54, 1.807) is 0 Å². The molecule has 0 aliphatic rings. The smallest absolute Gasteiger partial charge is 0.331 e. The molecule has 0 fully saturated rings. The monoisotopic (exact) mass is 489 g/mol. The number of carbonyl (C=O) groups excluding carboxylic acids is 2. The third-order valence-electron chi connectivity index (χ3n) is 4.14. The number of likely N-dealkylation sites (N-methyl/N-ethyl adjacent to an activating group) is 1. The number of nitrogens with one attached hydrogen (secondary N) is 1. The summed E-state index contributed by atoms with van der Waals surface area (Å²) in [5.41, 5.74) is -2.33. The Bertz CT molecular complexity index is 1170. The van der Waals surface area contributed by atoms with Crippen LogP contribution < -0.4 is 5.32 Å². The van der Waals surface area contributed by atoms with E-state index in [2.05, 4.69) is 15.6 Å². The standard InChI is InChI=1S/C19H13Cl2F4N5O2/c1-29(9-15(31)26-11-4-7-13(20)14(21)8-11)18(32)16-17(19(23,24)25)30(28-27-16)12-5-2-10(22)3-6-12/h2-8H,9H2,1H3,(H,26,31). The molecule has 3 aromatic rings. The van der Waals surface area contributed by atoms with Crippen molar-refractivity contribution in [3.8, 4) is 5.69 Å². The molecule has 0 atom stereocenters. The average molecular weight is 490 g/mol. The van der Waals surface area contributed by atoms with Gasteiger partial charge in [-0.25, -0.2) is 9.07 Å². The number of nitrogens with zero attached hydrogens (tertiary/aromatic N) is 4. The van der Waals surface area contributed by atoms with Gasteiger partial charge in [0.25, 0.3) is 5.91 Å². The van der Waals surface area contributed by atoms with Crippen LogP contribution in [0, 0.1) is 5.82 Å². The average Bonchev–Trinajstić information content (AvgIpc) is 3.16. The van der Waals surface area contributed by atoms with E-state index >= 15 is 0 Å². The third kappa shape index (κ3) is 5.17. The summed E-state index contributed by atoms with van der Waals surface area (Å²) >= 11 is 11.7. The normalized spacial score (nSPS) is 11.3. The molecule has 1 heterocycles. The molecule has 0 saturated carbocycles. The van der Waals surface area contributed by atoms with Crippen LogP contribution in [0.4, 0.5) is 23.2 Å². The van der Waals surface area contributed by atoms with Crippen molar-refractivity contribution in [1.82, 2.24) is 19.9 Å². The van der Waals surface area contributed by atoms with Crippen molar-refractivity contribution >= 4 is 40.7 Å². The molecule has 0 spiro atoms. The third-order valence-corrected chi connectivity index (χ3v) is 4.88. The molecule has 0 radical (unpaired) electrons. The molecule has 2 amide bonds. The number of benzene rings is 2. The summed E-state index contributed by atoms with van der Waals surface area (Å²) in [7, 11) is 1.13. The first-order valence-corrected chi connectivity index (χ1v) is 9.52. The van der Waals surface area contributed by atoms with Gasteiger partial charge in [0.05, 0.1) is 22.3 Å². The van der Waals surface area contributed by atoms with E-state index in [0.717, 1.165) is 36.2 Å². The Balaban J connectivity index is 1.82. The Hall–Kier alpha value is -3.18. The molecular formula is C19H13Cl2F4N5O2. The molecule has 0 aliphatic heterocycles. The van der Waals surface area contributed by atoms with E-state index in [1.165, 1.54) is 18.2 Å². The minimum atomic E-state index is -5.01. The number of hydrogen-bond donors (Lipinski definition) is 1. The Morgan fingerprint density at radius 2 is 1.75 bits per heavy atom. The SMILES string of the molecule is CN(CC(=O)Nc1ccc(Cl)c(Cl)c1)C(=O)c1nnn(-c2ccc(F)cc2)c1C(F)(F)F. The zero-order valence-corrected chi connectivity index (χ0v) is 17.6. The van der Waals surface area contributed by atoms with Crippen molar-refractivity contribution in [2.75, 3.05) is 18.9 Å². The van der Waals surface area contributed by atoms with Gasteiger partial charge in [-0.05, 0) is 42.5 Å². The quantitative estimate of drug-likeness (QED) is 0.537. The highest BCUT2D eigenvalue weighted by molar-refractivity contribution is 6.42. The lowest BCUT2D eigenvalue weighted by atomic mass is 10.2. The minimum Gasteiger partial charge on any atom is -0.331 e. The lowest BCUT2D eigenvalue weighted by Gasteiger charge is -2.17. The Kier molecular flexibility index (Phi) is 6.70. The van der Waals surface area contributed by atoms with Crippen LogP contribution >= 0.6 is 23.2 Å². The van der Waals surface area contributed by atoms with Gasteiger partial charge >= 0.3 is 6.18 Å². The van der Waals surface area contributed by atoms with Crippen LogP contribution in [0.25, 0.3) is 5.69 Å². The van der Waals surface area contributed by atoms with Crippen molar-refractivity contribution in [2.45, 2.75) is 6.18 Å². The maximum atomic E-state index is 13.7. The second-order valence-electron chi connectivity index (χ2n) is 6.51. The van der Waals surface area contributed by atoms with Gasteiger partial charge in [-0.1, -0.05) is 28.4 Å². The van der Waals surface area contributed by atoms with E-state index in [9.17, 15) is 27.2 Å². The molecule has 0 aliphatic carbocycles. The van der Waals surface area contributed by atoms with Crippen LogP contribution in [0.15, 0.2) is 42.5 Å². The van der Waals surface area contributed by atoms with E-state index < -0.39 is 41.7 Å². The summed E-state index contributed by atoms with van der Waals surface area (Å²) in [6, 6.07) is 8.28. The van der Waals surface area contributed by atoms with Crippen LogP contribution in [0.1, 0.15) is 16.2 Å². The Labute approximate surface area is 188 Å². The van der Waals surface area contributed by atoms with Gasteiger partial charge in [-0.3, -0.25) is 9.59 Å². The molecule has 32 heavy (non-hydrogen) atoms. The van der Waals surface area contributed by atoms with E-state index in [0.29, 0.717) is 4.68 Å². The molecule has 0 saturated heterocycles. The number of anilines is 1. The van der Waals surface area contributed by atoms with E-state index in [1.807, 2.05) is 0 Å². The Morgan fingerprint density at radius 3 is 2.34 bits per heavy atom. The maximum absolute atomic E-state index is 13.7. The molecule has 7 nitrogen and oxygen atoms in total. The molecule has 0 bridgehead atoms. The van der Waals surface area contributed by atoms with Crippen molar-refractivity contribution in [1.29, 1.82) is 0 Å². The summed E-state index contributed by atoms with van der Waals surface area (Å²) in [6.45, 7) is -0.584. The fourth-order valence-electron chi connectivity index (χ4n) is 2.69. The highest BCUT2D eigenvalue weighted by Crippen LogP contribution is 2.33. The molecule has 1 aromatic heterocycles.